The maximum absolute atomic E-state index is 9.62. The molecule has 0 aliphatic carbocycles. The van der Waals surface area contributed by atoms with Crippen molar-refractivity contribution in [2.45, 2.75) is 15.9 Å². The average Bonchev–Trinajstić information content (AvgIpc) is 2.72. The summed E-state index contributed by atoms with van der Waals surface area (Å²) in [5.74, 6) is 1.55. The lowest BCUT2D eigenvalue weighted by Gasteiger charge is -2.10. The van der Waals surface area contributed by atoms with Crippen molar-refractivity contribution >= 4 is 23.5 Å². The van der Waals surface area contributed by atoms with Crippen LogP contribution in [0.25, 0.3) is 11.3 Å². The summed E-state index contributed by atoms with van der Waals surface area (Å²) in [4.78, 5) is 9.23. The van der Waals surface area contributed by atoms with Gasteiger partial charge in [0.1, 0.15) is 22.4 Å². The summed E-state index contributed by atoms with van der Waals surface area (Å²) >= 11 is 3.03. The second kappa shape index (κ2) is 8.75. The van der Waals surface area contributed by atoms with Gasteiger partial charge in [0.25, 0.3) is 0 Å². The lowest BCUT2D eigenvalue weighted by Crippen LogP contribution is -1.99. The number of benzene rings is 2. The minimum atomic E-state index is 0.506. The third kappa shape index (κ3) is 4.18. The monoisotopic (exact) mass is 379 g/mol. The topological polar surface area (TPSA) is 58.8 Å². The molecule has 6 heteroatoms. The molecule has 1 aromatic heterocycles. The van der Waals surface area contributed by atoms with E-state index in [1.807, 2.05) is 48.7 Å². The summed E-state index contributed by atoms with van der Waals surface area (Å²) in [6.45, 7) is 0. The minimum Gasteiger partial charge on any atom is -0.497 e. The zero-order valence-electron chi connectivity index (χ0n) is 14.5. The van der Waals surface area contributed by atoms with Crippen LogP contribution in [0.4, 0.5) is 0 Å². The van der Waals surface area contributed by atoms with Crippen molar-refractivity contribution in [3.63, 3.8) is 0 Å². The molecular weight excluding hydrogens is 362 g/mol. The standard InChI is InChI=1S/C20H17N3OS2/c1-24-16-10-8-15(9-11-16)18-17(12-21)19(25-2)23-20(22-18)26-13-14-6-4-3-5-7-14/h3-11H,13H2,1-2H3. The van der Waals surface area contributed by atoms with E-state index in [4.69, 9.17) is 4.74 Å². The molecule has 0 aliphatic heterocycles. The summed E-state index contributed by atoms with van der Waals surface area (Å²) < 4.78 is 5.21. The molecule has 0 fully saturated rings. The highest BCUT2D eigenvalue weighted by atomic mass is 32.2. The SMILES string of the molecule is COc1ccc(-c2nc(SCc3ccccc3)nc(SC)c2C#N)cc1. The Kier molecular flexibility index (Phi) is 6.16. The van der Waals surface area contributed by atoms with Crippen molar-refractivity contribution in [2.24, 2.45) is 0 Å². The molecule has 2 aromatic carbocycles. The molecule has 0 aliphatic rings. The summed E-state index contributed by atoms with van der Waals surface area (Å²) in [5.41, 5.74) is 3.25. The van der Waals surface area contributed by atoms with Crippen LogP contribution in [0.15, 0.2) is 64.8 Å². The third-order valence-electron chi connectivity index (χ3n) is 3.73. The van der Waals surface area contributed by atoms with Crippen LogP contribution in [0.5, 0.6) is 5.75 Å². The van der Waals surface area contributed by atoms with Crippen LogP contribution < -0.4 is 4.74 Å². The van der Waals surface area contributed by atoms with E-state index in [2.05, 4.69) is 28.2 Å². The molecular formula is C20H17N3OS2. The first kappa shape index (κ1) is 18.3. The molecule has 3 rings (SSSR count). The van der Waals surface area contributed by atoms with E-state index < -0.39 is 0 Å². The summed E-state index contributed by atoms with van der Waals surface area (Å²) in [5, 5.41) is 11.0. The summed E-state index contributed by atoms with van der Waals surface area (Å²) in [6.07, 6.45) is 1.92. The van der Waals surface area contributed by atoms with Crippen LogP contribution in [-0.4, -0.2) is 23.3 Å². The van der Waals surface area contributed by atoms with Crippen LogP contribution in [0.1, 0.15) is 11.1 Å². The van der Waals surface area contributed by atoms with Crippen molar-refractivity contribution < 1.29 is 4.74 Å². The Morgan fingerprint density at radius 2 is 1.77 bits per heavy atom. The lowest BCUT2D eigenvalue weighted by molar-refractivity contribution is 0.415. The van der Waals surface area contributed by atoms with E-state index in [1.165, 1.54) is 17.3 Å². The number of aromatic nitrogens is 2. The Morgan fingerprint density at radius 1 is 1.04 bits per heavy atom. The molecule has 1 heterocycles. The number of ether oxygens (including phenoxy) is 1. The largest absolute Gasteiger partial charge is 0.497 e. The van der Waals surface area contributed by atoms with Crippen molar-refractivity contribution in [1.82, 2.24) is 9.97 Å². The Labute approximate surface area is 161 Å². The van der Waals surface area contributed by atoms with Gasteiger partial charge in [-0.2, -0.15) is 5.26 Å². The number of nitriles is 1. The van der Waals surface area contributed by atoms with Crippen molar-refractivity contribution in [3.05, 3.63) is 65.7 Å². The third-order valence-corrected chi connectivity index (χ3v) is 5.34. The first-order valence-electron chi connectivity index (χ1n) is 7.92. The minimum absolute atomic E-state index is 0.506. The van der Waals surface area contributed by atoms with Gasteiger partial charge in [0.05, 0.1) is 12.8 Å². The number of hydrogen-bond donors (Lipinski definition) is 0. The smallest absolute Gasteiger partial charge is 0.189 e. The molecule has 0 spiro atoms. The zero-order valence-corrected chi connectivity index (χ0v) is 16.1. The van der Waals surface area contributed by atoms with Gasteiger partial charge < -0.3 is 4.74 Å². The second-order valence-electron chi connectivity index (χ2n) is 5.35. The van der Waals surface area contributed by atoms with Gasteiger partial charge in [-0.3, -0.25) is 0 Å². The average molecular weight is 380 g/mol. The maximum atomic E-state index is 9.62. The molecule has 0 N–H and O–H groups in total. The van der Waals surface area contributed by atoms with Gasteiger partial charge in [0, 0.05) is 11.3 Å². The molecule has 4 nitrogen and oxygen atoms in total. The van der Waals surface area contributed by atoms with Gasteiger partial charge >= 0.3 is 0 Å². The molecule has 0 unspecified atom stereocenters. The number of rotatable bonds is 6. The highest BCUT2D eigenvalue weighted by Crippen LogP contribution is 2.32. The Bertz CT molecular complexity index is 922. The van der Waals surface area contributed by atoms with Gasteiger partial charge in [0.2, 0.25) is 0 Å². The highest BCUT2D eigenvalue weighted by molar-refractivity contribution is 7.99. The van der Waals surface area contributed by atoms with Crippen LogP contribution in [0.2, 0.25) is 0 Å². The molecule has 3 aromatic rings. The van der Waals surface area contributed by atoms with Crippen molar-refractivity contribution in [1.29, 1.82) is 5.26 Å². The van der Waals surface area contributed by atoms with Gasteiger partial charge in [0.15, 0.2) is 5.16 Å². The molecule has 0 bridgehead atoms. The van der Waals surface area contributed by atoms with E-state index >= 15 is 0 Å². The molecule has 0 saturated heterocycles. The predicted molar refractivity (Wildman–Crippen MR) is 107 cm³/mol. The summed E-state index contributed by atoms with van der Waals surface area (Å²) in [7, 11) is 1.63. The van der Waals surface area contributed by atoms with E-state index in [0.717, 1.165) is 17.1 Å². The van der Waals surface area contributed by atoms with Gasteiger partial charge in [-0.05, 0) is 36.1 Å². The fourth-order valence-corrected chi connectivity index (χ4v) is 3.80. The molecule has 0 amide bonds. The second-order valence-corrected chi connectivity index (χ2v) is 7.09. The fraction of sp³-hybridized carbons (Fsp3) is 0.150. The highest BCUT2D eigenvalue weighted by Gasteiger charge is 2.16. The van der Waals surface area contributed by atoms with E-state index in [0.29, 0.717) is 21.4 Å². The molecule has 0 saturated carbocycles. The lowest BCUT2D eigenvalue weighted by atomic mass is 10.1. The van der Waals surface area contributed by atoms with Crippen LogP contribution in [-0.2, 0) is 5.75 Å². The van der Waals surface area contributed by atoms with Gasteiger partial charge in [-0.15, -0.1) is 11.8 Å². The Balaban J connectivity index is 1.97. The Hall–Kier alpha value is -2.49. The number of hydrogen-bond acceptors (Lipinski definition) is 6. The number of nitrogens with zero attached hydrogens (tertiary/aromatic N) is 3. The first-order valence-corrected chi connectivity index (χ1v) is 10.1. The number of thioether (sulfide) groups is 2. The Morgan fingerprint density at radius 3 is 2.38 bits per heavy atom. The normalized spacial score (nSPS) is 10.3. The van der Waals surface area contributed by atoms with Crippen LogP contribution in [0.3, 0.4) is 0 Å². The van der Waals surface area contributed by atoms with E-state index in [9.17, 15) is 5.26 Å². The first-order chi connectivity index (χ1) is 12.7. The predicted octanol–water partition coefficient (Wildman–Crippen LogP) is 5.04. The van der Waals surface area contributed by atoms with Crippen LogP contribution >= 0.6 is 23.5 Å². The number of methoxy groups -OCH3 is 1. The summed E-state index contributed by atoms with van der Waals surface area (Å²) in [6, 6.07) is 20.0. The van der Waals surface area contributed by atoms with Crippen molar-refractivity contribution in [2.75, 3.05) is 13.4 Å². The van der Waals surface area contributed by atoms with E-state index in [1.54, 1.807) is 18.9 Å². The zero-order chi connectivity index (χ0) is 18.4. The molecule has 130 valence electrons. The van der Waals surface area contributed by atoms with Gasteiger partial charge in [-0.1, -0.05) is 42.1 Å². The quantitative estimate of drug-likeness (QED) is 0.340. The molecule has 0 atom stereocenters. The fourth-order valence-electron chi connectivity index (χ4n) is 2.41. The van der Waals surface area contributed by atoms with Gasteiger partial charge in [-0.25, -0.2) is 9.97 Å². The van der Waals surface area contributed by atoms with Crippen molar-refractivity contribution in [3.8, 4) is 23.1 Å². The molecule has 0 radical (unpaired) electrons. The van der Waals surface area contributed by atoms with Crippen LogP contribution in [0, 0.1) is 11.3 Å². The van der Waals surface area contributed by atoms with E-state index in [-0.39, 0.29) is 0 Å². The maximum Gasteiger partial charge on any atom is 0.189 e. The molecule has 26 heavy (non-hydrogen) atoms.